The summed E-state index contributed by atoms with van der Waals surface area (Å²) in [5.41, 5.74) is 0. The third-order valence-corrected chi connectivity index (χ3v) is 5.45. The average molecular weight is 309 g/mol. The Labute approximate surface area is 136 Å². The van der Waals surface area contributed by atoms with Gasteiger partial charge in [0.1, 0.15) is 0 Å². The first-order valence-corrected chi connectivity index (χ1v) is 9.26. The molecule has 1 saturated heterocycles. The zero-order valence-electron chi connectivity index (χ0n) is 14.9. The van der Waals surface area contributed by atoms with E-state index in [-0.39, 0.29) is 5.91 Å². The Hall–Kier alpha value is -0.610. The van der Waals surface area contributed by atoms with Crippen LogP contribution in [0.25, 0.3) is 0 Å². The molecule has 1 amide bonds. The molecule has 2 fully saturated rings. The molecule has 1 aliphatic carbocycles. The number of hydrogen-bond acceptors (Lipinski definition) is 3. The molecule has 4 heteroatoms. The van der Waals surface area contributed by atoms with Crippen LogP contribution in [-0.2, 0) is 4.79 Å². The van der Waals surface area contributed by atoms with Crippen molar-refractivity contribution in [3.05, 3.63) is 0 Å². The van der Waals surface area contributed by atoms with Crippen LogP contribution in [-0.4, -0.2) is 73.0 Å². The lowest BCUT2D eigenvalue weighted by Gasteiger charge is -2.29. The van der Waals surface area contributed by atoms with Crippen LogP contribution in [0.1, 0.15) is 52.4 Å². The Morgan fingerprint density at radius 3 is 2.32 bits per heavy atom. The standard InChI is InChI=1S/C18H35N3O/c1-16(2)19(3)18(22)15-21-11-7-10-20(12-13-21)14-17-8-5-4-6-9-17/h16-17H,4-15H2,1-3H3. The highest BCUT2D eigenvalue weighted by Gasteiger charge is 2.22. The van der Waals surface area contributed by atoms with Gasteiger partial charge in [0.05, 0.1) is 6.54 Å². The van der Waals surface area contributed by atoms with Crippen molar-refractivity contribution in [3.63, 3.8) is 0 Å². The number of hydrogen-bond donors (Lipinski definition) is 0. The molecule has 0 N–H and O–H groups in total. The van der Waals surface area contributed by atoms with Crippen molar-refractivity contribution in [1.29, 1.82) is 0 Å². The number of likely N-dealkylation sites (N-methyl/N-ethyl adjacent to an activating group) is 1. The smallest absolute Gasteiger partial charge is 0.236 e. The molecule has 0 atom stereocenters. The van der Waals surface area contributed by atoms with Crippen LogP contribution in [0, 0.1) is 5.92 Å². The molecule has 0 aromatic heterocycles. The first-order chi connectivity index (χ1) is 10.6. The maximum atomic E-state index is 12.2. The predicted molar refractivity (Wildman–Crippen MR) is 92.0 cm³/mol. The van der Waals surface area contributed by atoms with E-state index in [0.29, 0.717) is 12.6 Å². The van der Waals surface area contributed by atoms with Gasteiger partial charge in [0.25, 0.3) is 0 Å². The fourth-order valence-corrected chi connectivity index (χ4v) is 3.69. The molecule has 1 saturated carbocycles. The maximum Gasteiger partial charge on any atom is 0.236 e. The van der Waals surface area contributed by atoms with Crippen molar-refractivity contribution in [2.75, 3.05) is 46.3 Å². The summed E-state index contributed by atoms with van der Waals surface area (Å²) in [6, 6.07) is 0.294. The zero-order valence-corrected chi connectivity index (χ0v) is 14.9. The molecule has 0 aromatic carbocycles. The number of amides is 1. The number of carbonyl (C=O) groups is 1. The first-order valence-electron chi connectivity index (χ1n) is 9.26. The number of nitrogens with zero attached hydrogens (tertiary/aromatic N) is 3. The number of rotatable bonds is 5. The first kappa shape index (κ1) is 17.7. The molecule has 22 heavy (non-hydrogen) atoms. The van der Waals surface area contributed by atoms with E-state index in [1.807, 2.05) is 11.9 Å². The Morgan fingerprint density at radius 2 is 1.64 bits per heavy atom. The molecule has 0 bridgehead atoms. The van der Waals surface area contributed by atoms with E-state index in [1.165, 1.54) is 51.6 Å². The lowest BCUT2D eigenvalue weighted by atomic mass is 9.89. The van der Waals surface area contributed by atoms with Gasteiger partial charge in [-0.15, -0.1) is 0 Å². The van der Waals surface area contributed by atoms with Crippen molar-refractivity contribution in [3.8, 4) is 0 Å². The van der Waals surface area contributed by atoms with Crippen LogP contribution in [0.5, 0.6) is 0 Å². The maximum absolute atomic E-state index is 12.2. The summed E-state index contributed by atoms with van der Waals surface area (Å²) in [5, 5.41) is 0. The third-order valence-electron chi connectivity index (χ3n) is 5.45. The molecule has 1 aliphatic heterocycles. The minimum atomic E-state index is 0.260. The van der Waals surface area contributed by atoms with Crippen LogP contribution in [0.15, 0.2) is 0 Å². The highest BCUT2D eigenvalue weighted by Crippen LogP contribution is 2.24. The van der Waals surface area contributed by atoms with Crippen molar-refractivity contribution in [1.82, 2.24) is 14.7 Å². The molecular formula is C18H35N3O. The van der Waals surface area contributed by atoms with Gasteiger partial charge in [-0.2, -0.15) is 0 Å². The molecule has 0 aromatic rings. The molecule has 1 heterocycles. The van der Waals surface area contributed by atoms with Gasteiger partial charge in [0.15, 0.2) is 0 Å². The fourth-order valence-electron chi connectivity index (χ4n) is 3.69. The molecule has 2 aliphatic rings. The van der Waals surface area contributed by atoms with E-state index >= 15 is 0 Å². The molecule has 0 unspecified atom stereocenters. The second-order valence-corrected chi connectivity index (χ2v) is 7.53. The van der Waals surface area contributed by atoms with E-state index in [1.54, 1.807) is 0 Å². The second kappa shape index (κ2) is 8.88. The molecular weight excluding hydrogens is 274 g/mol. The van der Waals surface area contributed by atoms with Crippen LogP contribution in [0.2, 0.25) is 0 Å². The molecule has 0 spiro atoms. The van der Waals surface area contributed by atoms with Crippen molar-refractivity contribution < 1.29 is 4.79 Å². The van der Waals surface area contributed by atoms with E-state index in [2.05, 4.69) is 23.6 Å². The van der Waals surface area contributed by atoms with Crippen molar-refractivity contribution in [2.24, 2.45) is 5.92 Å². The van der Waals surface area contributed by atoms with Crippen molar-refractivity contribution in [2.45, 2.75) is 58.4 Å². The highest BCUT2D eigenvalue weighted by atomic mass is 16.2. The largest absolute Gasteiger partial charge is 0.342 e. The Kier molecular flexibility index (Phi) is 7.16. The van der Waals surface area contributed by atoms with Crippen LogP contribution in [0.3, 0.4) is 0 Å². The summed E-state index contributed by atoms with van der Waals surface area (Å²) < 4.78 is 0. The Balaban J connectivity index is 1.73. The molecule has 128 valence electrons. The van der Waals surface area contributed by atoms with Gasteiger partial charge in [-0.25, -0.2) is 0 Å². The Morgan fingerprint density at radius 1 is 1.00 bits per heavy atom. The fraction of sp³-hybridized carbons (Fsp3) is 0.944. The van der Waals surface area contributed by atoms with Gasteiger partial charge in [-0.05, 0) is 52.1 Å². The highest BCUT2D eigenvalue weighted by molar-refractivity contribution is 5.78. The number of carbonyl (C=O) groups excluding carboxylic acids is 1. The van der Waals surface area contributed by atoms with Crippen LogP contribution in [0.4, 0.5) is 0 Å². The third kappa shape index (κ3) is 5.54. The SMILES string of the molecule is CC(C)N(C)C(=O)CN1CCCN(CC2CCCCC2)CC1. The summed E-state index contributed by atoms with van der Waals surface area (Å²) in [6.07, 6.45) is 8.36. The van der Waals surface area contributed by atoms with Gasteiger partial charge in [0.2, 0.25) is 5.91 Å². The van der Waals surface area contributed by atoms with Crippen LogP contribution < -0.4 is 0 Å². The van der Waals surface area contributed by atoms with Gasteiger partial charge < -0.3 is 9.80 Å². The second-order valence-electron chi connectivity index (χ2n) is 7.53. The Bertz CT molecular complexity index is 339. The van der Waals surface area contributed by atoms with E-state index in [9.17, 15) is 4.79 Å². The molecule has 2 rings (SSSR count). The molecule has 0 radical (unpaired) electrons. The van der Waals surface area contributed by atoms with E-state index in [0.717, 1.165) is 25.6 Å². The lowest BCUT2D eigenvalue weighted by molar-refractivity contribution is -0.132. The summed E-state index contributed by atoms with van der Waals surface area (Å²) in [7, 11) is 1.92. The minimum Gasteiger partial charge on any atom is -0.342 e. The summed E-state index contributed by atoms with van der Waals surface area (Å²) in [5.74, 6) is 1.18. The zero-order chi connectivity index (χ0) is 15.9. The van der Waals surface area contributed by atoms with E-state index in [4.69, 9.17) is 0 Å². The van der Waals surface area contributed by atoms with Crippen LogP contribution >= 0.6 is 0 Å². The minimum absolute atomic E-state index is 0.260. The van der Waals surface area contributed by atoms with E-state index < -0.39 is 0 Å². The lowest BCUT2D eigenvalue weighted by Crippen LogP contribution is -2.42. The van der Waals surface area contributed by atoms with Crippen molar-refractivity contribution >= 4 is 5.91 Å². The topological polar surface area (TPSA) is 26.8 Å². The summed E-state index contributed by atoms with van der Waals surface area (Å²) >= 11 is 0. The summed E-state index contributed by atoms with van der Waals surface area (Å²) in [4.78, 5) is 19.1. The normalized spacial score (nSPS) is 22.7. The summed E-state index contributed by atoms with van der Waals surface area (Å²) in [6.45, 7) is 10.5. The average Bonchev–Trinajstić information content (AvgIpc) is 2.73. The van der Waals surface area contributed by atoms with Gasteiger partial charge >= 0.3 is 0 Å². The van der Waals surface area contributed by atoms with Gasteiger partial charge in [-0.1, -0.05) is 19.3 Å². The quantitative estimate of drug-likeness (QED) is 0.780. The monoisotopic (exact) mass is 309 g/mol. The molecule has 4 nitrogen and oxygen atoms in total. The van der Waals surface area contributed by atoms with Gasteiger partial charge in [-0.3, -0.25) is 9.69 Å². The van der Waals surface area contributed by atoms with Gasteiger partial charge in [0, 0.05) is 32.7 Å². The predicted octanol–water partition coefficient (Wildman–Crippen LogP) is 2.44.